The number of fused-ring (bicyclic) bond motifs is 1. The van der Waals surface area contributed by atoms with Gasteiger partial charge in [0.15, 0.2) is 0 Å². The van der Waals surface area contributed by atoms with E-state index >= 15 is 0 Å². The van der Waals surface area contributed by atoms with E-state index in [1.54, 1.807) is 42.1 Å². The molecule has 0 amide bonds. The Bertz CT molecular complexity index is 1270. The molecule has 32 heavy (non-hydrogen) atoms. The molecule has 3 aromatic rings. The van der Waals surface area contributed by atoms with Crippen LogP contribution >= 0.6 is 0 Å². The molecule has 1 aromatic carbocycles. The second kappa shape index (κ2) is 8.55. The van der Waals surface area contributed by atoms with Crippen LogP contribution in [0.4, 0.5) is 0 Å². The van der Waals surface area contributed by atoms with Crippen molar-refractivity contribution in [2.24, 2.45) is 0 Å². The summed E-state index contributed by atoms with van der Waals surface area (Å²) in [4.78, 5) is 15.9. The molecular formula is C23H27N3O5S. The third-order valence-corrected chi connectivity index (χ3v) is 7.72. The molecule has 1 atom stereocenters. The van der Waals surface area contributed by atoms with E-state index in [0.29, 0.717) is 36.5 Å². The van der Waals surface area contributed by atoms with Crippen molar-refractivity contribution in [1.82, 2.24) is 13.9 Å². The largest absolute Gasteiger partial charge is 0.491 e. The monoisotopic (exact) mass is 457 g/mol. The van der Waals surface area contributed by atoms with Gasteiger partial charge in [0.1, 0.15) is 17.9 Å². The van der Waals surface area contributed by atoms with Crippen LogP contribution in [-0.4, -0.2) is 52.5 Å². The number of aromatic nitrogens is 2. The summed E-state index contributed by atoms with van der Waals surface area (Å²) in [6.07, 6.45) is 4.10. The lowest BCUT2D eigenvalue weighted by Gasteiger charge is -2.19. The van der Waals surface area contributed by atoms with Gasteiger partial charge in [0.05, 0.1) is 11.0 Å². The van der Waals surface area contributed by atoms with E-state index in [9.17, 15) is 18.3 Å². The first-order valence-electron chi connectivity index (χ1n) is 10.6. The lowest BCUT2D eigenvalue weighted by atomic mass is 9.99. The van der Waals surface area contributed by atoms with Crippen LogP contribution in [-0.2, 0) is 21.4 Å². The quantitative estimate of drug-likeness (QED) is 0.584. The van der Waals surface area contributed by atoms with Gasteiger partial charge >= 0.3 is 5.97 Å². The SMILES string of the molecule is Cc1cc(OC(C)C)ccc1S(=O)(=O)N1CCC(c2cn(CC(=O)O)c3ncccc23)C1. The van der Waals surface area contributed by atoms with Gasteiger partial charge in [-0.2, -0.15) is 4.31 Å². The highest BCUT2D eigenvalue weighted by Crippen LogP contribution is 2.36. The summed E-state index contributed by atoms with van der Waals surface area (Å²) in [6, 6.07) is 8.78. The molecule has 170 valence electrons. The number of carboxylic acid groups (broad SMARTS) is 1. The lowest BCUT2D eigenvalue weighted by Crippen LogP contribution is -2.29. The average molecular weight is 458 g/mol. The first-order chi connectivity index (χ1) is 15.2. The highest BCUT2D eigenvalue weighted by molar-refractivity contribution is 7.89. The van der Waals surface area contributed by atoms with Gasteiger partial charge in [-0.25, -0.2) is 13.4 Å². The Morgan fingerprint density at radius 2 is 2.09 bits per heavy atom. The highest BCUT2D eigenvalue weighted by atomic mass is 32.2. The highest BCUT2D eigenvalue weighted by Gasteiger charge is 2.35. The molecule has 8 nitrogen and oxygen atoms in total. The zero-order valence-corrected chi connectivity index (χ0v) is 19.2. The van der Waals surface area contributed by atoms with Gasteiger partial charge in [-0.1, -0.05) is 0 Å². The van der Waals surface area contributed by atoms with E-state index < -0.39 is 16.0 Å². The van der Waals surface area contributed by atoms with Crippen LogP contribution in [0.15, 0.2) is 47.6 Å². The minimum Gasteiger partial charge on any atom is -0.491 e. The molecule has 3 heterocycles. The van der Waals surface area contributed by atoms with E-state index in [0.717, 1.165) is 10.9 Å². The van der Waals surface area contributed by atoms with E-state index in [2.05, 4.69) is 4.98 Å². The van der Waals surface area contributed by atoms with E-state index in [1.165, 1.54) is 4.31 Å². The van der Waals surface area contributed by atoms with Crippen LogP contribution in [0.3, 0.4) is 0 Å². The molecule has 2 aromatic heterocycles. The van der Waals surface area contributed by atoms with Crippen molar-refractivity contribution in [3.8, 4) is 5.75 Å². The maximum Gasteiger partial charge on any atom is 0.323 e. The van der Waals surface area contributed by atoms with Gasteiger partial charge < -0.3 is 14.4 Å². The smallest absolute Gasteiger partial charge is 0.323 e. The van der Waals surface area contributed by atoms with Gasteiger partial charge in [0.2, 0.25) is 10.0 Å². The number of aliphatic carboxylic acids is 1. The number of carbonyl (C=O) groups is 1. The van der Waals surface area contributed by atoms with Gasteiger partial charge in [0.25, 0.3) is 0 Å². The Morgan fingerprint density at radius 1 is 1.31 bits per heavy atom. The third-order valence-electron chi connectivity index (χ3n) is 5.70. The molecule has 1 unspecified atom stereocenters. The van der Waals surface area contributed by atoms with Crippen molar-refractivity contribution in [1.29, 1.82) is 0 Å². The Hall–Kier alpha value is -2.91. The number of nitrogens with zero attached hydrogens (tertiary/aromatic N) is 3. The van der Waals surface area contributed by atoms with Gasteiger partial charge in [-0.15, -0.1) is 0 Å². The second-order valence-electron chi connectivity index (χ2n) is 8.42. The van der Waals surface area contributed by atoms with Crippen molar-refractivity contribution in [3.63, 3.8) is 0 Å². The van der Waals surface area contributed by atoms with Crippen molar-refractivity contribution >= 4 is 27.0 Å². The molecule has 0 radical (unpaired) electrons. The van der Waals surface area contributed by atoms with E-state index in [4.69, 9.17) is 4.74 Å². The zero-order valence-electron chi connectivity index (χ0n) is 18.4. The number of pyridine rings is 1. The van der Waals surface area contributed by atoms with Gasteiger partial charge in [-0.3, -0.25) is 4.79 Å². The van der Waals surface area contributed by atoms with Crippen molar-refractivity contribution in [2.75, 3.05) is 13.1 Å². The molecule has 1 fully saturated rings. The molecule has 0 spiro atoms. The Labute approximate surface area is 187 Å². The molecule has 0 aliphatic carbocycles. The van der Waals surface area contributed by atoms with E-state index in [-0.39, 0.29) is 23.5 Å². The molecule has 1 saturated heterocycles. The minimum absolute atomic E-state index is 0.00828. The van der Waals surface area contributed by atoms with Crippen LogP contribution in [0.25, 0.3) is 11.0 Å². The van der Waals surface area contributed by atoms with E-state index in [1.807, 2.05) is 26.0 Å². The number of aryl methyl sites for hydroxylation is 1. The average Bonchev–Trinajstić information content (AvgIpc) is 3.33. The topological polar surface area (TPSA) is 102 Å². The molecule has 9 heteroatoms. The minimum atomic E-state index is -3.66. The number of rotatable bonds is 7. The molecule has 0 saturated carbocycles. The maximum absolute atomic E-state index is 13.4. The number of hydrogen-bond acceptors (Lipinski definition) is 5. The molecule has 4 rings (SSSR count). The van der Waals surface area contributed by atoms with Crippen molar-refractivity contribution < 1.29 is 23.1 Å². The maximum atomic E-state index is 13.4. The zero-order chi connectivity index (χ0) is 23.0. The van der Waals surface area contributed by atoms with Crippen molar-refractivity contribution in [3.05, 3.63) is 53.9 Å². The van der Waals surface area contributed by atoms with Gasteiger partial charge in [0, 0.05) is 36.8 Å². The Balaban J connectivity index is 1.61. The molecular weight excluding hydrogens is 430 g/mol. The first kappa shape index (κ1) is 22.3. The molecule has 1 aliphatic heterocycles. The summed E-state index contributed by atoms with van der Waals surface area (Å²) < 4.78 is 35.5. The standard InChI is InChI=1S/C23H27N3O5S/c1-15(2)31-18-6-7-21(16(3)11-18)32(29,30)26-10-8-17(12-26)20-13-25(14-22(27)28)23-19(20)5-4-9-24-23/h4-7,9,11,13,15,17H,8,10,12,14H2,1-3H3,(H,27,28). The Kier molecular flexibility index (Phi) is 5.96. The van der Waals surface area contributed by atoms with Gasteiger partial charge in [-0.05, 0) is 68.7 Å². The van der Waals surface area contributed by atoms with Crippen LogP contribution in [0.5, 0.6) is 5.75 Å². The predicted octanol–water partition coefficient (Wildman–Crippen LogP) is 3.39. The fourth-order valence-corrected chi connectivity index (χ4v) is 6.04. The normalized spacial score (nSPS) is 17.3. The molecule has 0 bridgehead atoms. The second-order valence-corrected chi connectivity index (χ2v) is 10.3. The summed E-state index contributed by atoms with van der Waals surface area (Å²) >= 11 is 0. The fraction of sp³-hybridized carbons (Fsp3) is 0.391. The summed E-state index contributed by atoms with van der Waals surface area (Å²) in [5.41, 5.74) is 2.18. The number of ether oxygens (including phenoxy) is 1. The summed E-state index contributed by atoms with van der Waals surface area (Å²) in [7, 11) is -3.66. The summed E-state index contributed by atoms with van der Waals surface area (Å²) in [6.45, 7) is 6.18. The summed E-state index contributed by atoms with van der Waals surface area (Å²) in [5, 5.41) is 10.1. The molecule has 1 aliphatic rings. The van der Waals surface area contributed by atoms with Crippen LogP contribution in [0.1, 0.15) is 37.3 Å². The summed E-state index contributed by atoms with van der Waals surface area (Å²) in [5.74, 6) is -0.333. The number of carboxylic acids is 1. The number of benzene rings is 1. The fourth-order valence-electron chi connectivity index (χ4n) is 4.34. The first-order valence-corrected chi connectivity index (χ1v) is 12.0. The number of sulfonamides is 1. The van der Waals surface area contributed by atoms with Crippen molar-refractivity contribution in [2.45, 2.75) is 50.7 Å². The van der Waals surface area contributed by atoms with Crippen LogP contribution in [0, 0.1) is 6.92 Å². The molecule has 1 N–H and O–H groups in total. The number of hydrogen-bond donors (Lipinski definition) is 1. The predicted molar refractivity (Wildman–Crippen MR) is 120 cm³/mol. The Morgan fingerprint density at radius 3 is 2.78 bits per heavy atom. The van der Waals surface area contributed by atoms with Crippen LogP contribution in [0.2, 0.25) is 0 Å². The lowest BCUT2D eigenvalue weighted by molar-refractivity contribution is -0.137. The van der Waals surface area contributed by atoms with Crippen LogP contribution < -0.4 is 4.74 Å². The third kappa shape index (κ3) is 4.22.